The summed E-state index contributed by atoms with van der Waals surface area (Å²) in [5.41, 5.74) is 2.00. The maximum Gasteiger partial charge on any atom is 0.253 e. The lowest BCUT2D eigenvalue weighted by Crippen LogP contribution is -2.37. The Balaban J connectivity index is 1.90. The second-order valence-corrected chi connectivity index (χ2v) is 9.31. The van der Waals surface area contributed by atoms with Crippen molar-refractivity contribution >= 4 is 10.9 Å². The molecule has 8 nitrogen and oxygen atoms in total. The predicted octanol–water partition coefficient (Wildman–Crippen LogP) is 4.28. The third-order valence-corrected chi connectivity index (χ3v) is 5.82. The average molecular weight is 461 g/mol. The molecule has 0 saturated heterocycles. The molecule has 2 heterocycles. The normalized spacial score (nSPS) is 12.9. The number of tetrazole rings is 1. The number of hydrogen-bond donors (Lipinski definition) is 1. The first-order chi connectivity index (χ1) is 16.3. The Morgan fingerprint density at radius 2 is 1.85 bits per heavy atom. The van der Waals surface area contributed by atoms with Crippen LogP contribution < -0.4 is 10.3 Å². The largest absolute Gasteiger partial charge is 0.494 e. The molecule has 0 radical (unpaired) electrons. The molecule has 0 spiro atoms. The lowest BCUT2D eigenvalue weighted by molar-refractivity contribution is 0.202. The maximum absolute atomic E-state index is 13.4. The molecule has 0 fully saturated rings. The van der Waals surface area contributed by atoms with Crippen LogP contribution in [0.25, 0.3) is 10.9 Å². The van der Waals surface area contributed by atoms with E-state index in [1.807, 2.05) is 54.1 Å². The van der Waals surface area contributed by atoms with E-state index in [1.165, 1.54) is 0 Å². The van der Waals surface area contributed by atoms with E-state index in [0.29, 0.717) is 31.1 Å². The van der Waals surface area contributed by atoms with Crippen molar-refractivity contribution in [2.75, 3.05) is 13.2 Å². The van der Waals surface area contributed by atoms with Gasteiger partial charge in [-0.3, -0.25) is 9.69 Å². The average Bonchev–Trinajstić information content (AvgIpc) is 3.30. The molecule has 0 amide bonds. The van der Waals surface area contributed by atoms with Gasteiger partial charge in [-0.15, -0.1) is 5.10 Å². The summed E-state index contributed by atoms with van der Waals surface area (Å²) in [5, 5.41) is 13.6. The summed E-state index contributed by atoms with van der Waals surface area (Å²) in [6, 6.07) is 17.4. The zero-order chi connectivity index (χ0) is 24.3. The van der Waals surface area contributed by atoms with Crippen molar-refractivity contribution in [3.05, 3.63) is 81.9 Å². The number of aromatic amines is 1. The van der Waals surface area contributed by atoms with Crippen molar-refractivity contribution in [2.24, 2.45) is 0 Å². The van der Waals surface area contributed by atoms with E-state index in [1.54, 1.807) is 0 Å². The van der Waals surface area contributed by atoms with Crippen molar-refractivity contribution in [2.45, 2.75) is 52.7 Å². The molecule has 8 heteroatoms. The van der Waals surface area contributed by atoms with Crippen molar-refractivity contribution in [3.8, 4) is 5.75 Å². The van der Waals surface area contributed by atoms with E-state index in [4.69, 9.17) is 4.74 Å². The molecule has 0 aliphatic carbocycles. The molecule has 34 heavy (non-hydrogen) atoms. The number of fused-ring (bicyclic) bond motifs is 1. The SMILES string of the molecule is CCOc1ccc2[nH]c(=O)c([C@@H](c3nnnn3C(C)(C)C)N(CC)Cc3ccccc3)cc2c1. The molecule has 2 aromatic heterocycles. The minimum absolute atomic E-state index is 0.156. The summed E-state index contributed by atoms with van der Waals surface area (Å²) in [5.74, 6) is 1.40. The maximum atomic E-state index is 13.4. The van der Waals surface area contributed by atoms with Crippen molar-refractivity contribution < 1.29 is 4.74 Å². The molecule has 2 aromatic carbocycles. The molecule has 0 aliphatic heterocycles. The van der Waals surface area contributed by atoms with Crippen LogP contribution in [0.2, 0.25) is 0 Å². The number of nitrogens with zero attached hydrogens (tertiary/aromatic N) is 5. The summed E-state index contributed by atoms with van der Waals surface area (Å²) < 4.78 is 7.50. The van der Waals surface area contributed by atoms with Gasteiger partial charge in [0.1, 0.15) is 11.8 Å². The van der Waals surface area contributed by atoms with Crippen LogP contribution in [-0.4, -0.2) is 43.2 Å². The lowest BCUT2D eigenvalue weighted by Gasteiger charge is -2.32. The number of benzene rings is 2. The summed E-state index contributed by atoms with van der Waals surface area (Å²) in [6.45, 7) is 12.1. The van der Waals surface area contributed by atoms with Crippen LogP contribution in [0.5, 0.6) is 5.75 Å². The molecule has 178 valence electrons. The molecule has 4 rings (SSSR count). The first kappa shape index (κ1) is 23.6. The Morgan fingerprint density at radius 3 is 2.53 bits per heavy atom. The molecule has 0 saturated carbocycles. The summed E-state index contributed by atoms with van der Waals surface area (Å²) in [6.07, 6.45) is 0. The van der Waals surface area contributed by atoms with Gasteiger partial charge in [0.25, 0.3) is 5.56 Å². The second-order valence-electron chi connectivity index (χ2n) is 9.31. The first-order valence-corrected chi connectivity index (χ1v) is 11.7. The highest BCUT2D eigenvalue weighted by molar-refractivity contribution is 5.80. The van der Waals surface area contributed by atoms with Crippen molar-refractivity contribution in [3.63, 3.8) is 0 Å². The van der Waals surface area contributed by atoms with Gasteiger partial charge in [-0.05, 0) is 74.5 Å². The third-order valence-electron chi connectivity index (χ3n) is 5.82. The Hall–Kier alpha value is -3.52. The van der Waals surface area contributed by atoms with Crippen LogP contribution >= 0.6 is 0 Å². The van der Waals surface area contributed by atoms with Crippen molar-refractivity contribution in [1.82, 2.24) is 30.1 Å². The highest BCUT2D eigenvalue weighted by Gasteiger charge is 2.32. The van der Waals surface area contributed by atoms with Crippen LogP contribution in [0.3, 0.4) is 0 Å². The van der Waals surface area contributed by atoms with Gasteiger partial charge in [0.2, 0.25) is 0 Å². The van der Waals surface area contributed by atoms with Crippen LogP contribution in [0.15, 0.2) is 59.4 Å². The second kappa shape index (κ2) is 9.77. The number of H-pyrrole nitrogens is 1. The van der Waals surface area contributed by atoms with Gasteiger partial charge in [0, 0.05) is 23.0 Å². The Kier molecular flexibility index (Phi) is 6.79. The van der Waals surface area contributed by atoms with E-state index in [2.05, 4.69) is 65.2 Å². The summed E-state index contributed by atoms with van der Waals surface area (Å²) in [4.78, 5) is 18.7. The smallest absolute Gasteiger partial charge is 0.253 e. The van der Waals surface area contributed by atoms with Gasteiger partial charge < -0.3 is 9.72 Å². The molecular formula is C26H32N6O2. The quantitative estimate of drug-likeness (QED) is 0.422. The minimum Gasteiger partial charge on any atom is -0.494 e. The Bertz CT molecular complexity index is 1310. The van der Waals surface area contributed by atoms with Gasteiger partial charge in [-0.1, -0.05) is 37.3 Å². The Labute approximate surface area is 199 Å². The van der Waals surface area contributed by atoms with Crippen LogP contribution in [0, 0.1) is 0 Å². The van der Waals surface area contributed by atoms with E-state index >= 15 is 0 Å². The lowest BCUT2D eigenvalue weighted by atomic mass is 10.0. The van der Waals surface area contributed by atoms with Gasteiger partial charge in [-0.2, -0.15) is 0 Å². The summed E-state index contributed by atoms with van der Waals surface area (Å²) in [7, 11) is 0. The fourth-order valence-electron chi connectivity index (χ4n) is 4.21. The van der Waals surface area contributed by atoms with Gasteiger partial charge in [0.05, 0.1) is 12.1 Å². The fraction of sp³-hybridized carbons (Fsp3) is 0.385. The van der Waals surface area contributed by atoms with Crippen LogP contribution in [0.4, 0.5) is 0 Å². The predicted molar refractivity (Wildman–Crippen MR) is 133 cm³/mol. The van der Waals surface area contributed by atoms with Crippen LogP contribution in [-0.2, 0) is 12.1 Å². The van der Waals surface area contributed by atoms with E-state index < -0.39 is 6.04 Å². The first-order valence-electron chi connectivity index (χ1n) is 11.7. The fourth-order valence-corrected chi connectivity index (χ4v) is 4.21. The van der Waals surface area contributed by atoms with Gasteiger partial charge in [-0.25, -0.2) is 4.68 Å². The number of pyridine rings is 1. The monoisotopic (exact) mass is 460 g/mol. The third kappa shape index (κ3) is 4.87. The number of hydrogen-bond acceptors (Lipinski definition) is 6. The molecule has 1 atom stereocenters. The number of rotatable bonds is 8. The Morgan fingerprint density at radius 1 is 1.09 bits per heavy atom. The zero-order valence-electron chi connectivity index (χ0n) is 20.4. The number of nitrogens with one attached hydrogen (secondary N) is 1. The topological polar surface area (TPSA) is 88.9 Å². The molecule has 0 aliphatic rings. The van der Waals surface area contributed by atoms with Crippen molar-refractivity contribution in [1.29, 1.82) is 0 Å². The molecule has 4 aromatic rings. The van der Waals surface area contributed by atoms with Gasteiger partial charge >= 0.3 is 0 Å². The van der Waals surface area contributed by atoms with E-state index in [9.17, 15) is 4.79 Å². The highest BCUT2D eigenvalue weighted by Crippen LogP contribution is 2.31. The minimum atomic E-state index is -0.441. The number of aromatic nitrogens is 5. The van der Waals surface area contributed by atoms with E-state index in [-0.39, 0.29) is 11.1 Å². The zero-order valence-corrected chi connectivity index (χ0v) is 20.4. The van der Waals surface area contributed by atoms with Gasteiger partial charge in [0.15, 0.2) is 5.82 Å². The standard InChI is InChI=1S/C26H32N6O2/c1-6-31(17-18-11-9-8-10-12-18)23(24-28-29-30-32(24)26(3,4)5)21-16-19-15-20(34-7-2)13-14-22(19)27-25(21)33/h8-16,23H,6-7,17H2,1-5H3,(H,27,33)/t23-/m0/s1. The summed E-state index contributed by atoms with van der Waals surface area (Å²) >= 11 is 0. The van der Waals surface area contributed by atoms with Crippen LogP contribution in [0.1, 0.15) is 57.6 Å². The molecule has 0 unspecified atom stereocenters. The number of ether oxygens (including phenoxy) is 1. The molecular weight excluding hydrogens is 428 g/mol. The highest BCUT2D eigenvalue weighted by atomic mass is 16.5. The molecule has 1 N–H and O–H groups in total. The van der Waals surface area contributed by atoms with E-state index in [0.717, 1.165) is 22.2 Å². The molecule has 0 bridgehead atoms.